The van der Waals surface area contributed by atoms with E-state index in [0.717, 1.165) is 23.3 Å². The van der Waals surface area contributed by atoms with E-state index in [9.17, 15) is 13.2 Å². The molecular formula is C16H17F3N2. The van der Waals surface area contributed by atoms with Crippen molar-refractivity contribution in [1.29, 1.82) is 0 Å². The third-order valence-corrected chi connectivity index (χ3v) is 3.31. The molecule has 0 bridgehead atoms. The van der Waals surface area contributed by atoms with Gasteiger partial charge < -0.3 is 10.6 Å². The lowest BCUT2D eigenvalue weighted by Crippen LogP contribution is -2.18. The summed E-state index contributed by atoms with van der Waals surface area (Å²) in [6.07, 6.45) is -4.37. The smallest absolute Gasteiger partial charge is 0.397 e. The SMILES string of the molecule is Cc1ccc(CN(C)c2ccc(C(F)(F)F)cc2N)cc1. The van der Waals surface area contributed by atoms with Gasteiger partial charge in [0.15, 0.2) is 0 Å². The first-order valence-corrected chi connectivity index (χ1v) is 6.51. The van der Waals surface area contributed by atoms with Crippen LogP contribution in [0.25, 0.3) is 0 Å². The van der Waals surface area contributed by atoms with E-state index in [1.165, 1.54) is 6.07 Å². The van der Waals surface area contributed by atoms with Crippen molar-refractivity contribution in [3.63, 3.8) is 0 Å². The monoisotopic (exact) mass is 294 g/mol. The van der Waals surface area contributed by atoms with Gasteiger partial charge in [-0.2, -0.15) is 13.2 Å². The largest absolute Gasteiger partial charge is 0.416 e. The second kappa shape index (κ2) is 5.68. The highest BCUT2D eigenvalue weighted by molar-refractivity contribution is 5.68. The molecule has 2 aromatic rings. The van der Waals surface area contributed by atoms with Crippen molar-refractivity contribution in [2.75, 3.05) is 17.7 Å². The Morgan fingerprint density at radius 3 is 2.19 bits per heavy atom. The first-order valence-electron chi connectivity index (χ1n) is 6.51. The van der Waals surface area contributed by atoms with Crippen LogP contribution in [-0.2, 0) is 12.7 Å². The number of aryl methyl sites for hydroxylation is 1. The van der Waals surface area contributed by atoms with Gasteiger partial charge >= 0.3 is 6.18 Å². The quantitative estimate of drug-likeness (QED) is 0.858. The number of nitrogen functional groups attached to an aromatic ring is 1. The Kier molecular flexibility index (Phi) is 4.11. The molecule has 2 rings (SSSR count). The second-order valence-electron chi connectivity index (χ2n) is 5.11. The highest BCUT2D eigenvalue weighted by atomic mass is 19.4. The van der Waals surface area contributed by atoms with Gasteiger partial charge in [-0.25, -0.2) is 0 Å². The van der Waals surface area contributed by atoms with Crippen LogP contribution in [0.5, 0.6) is 0 Å². The predicted molar refractivity (Wildman–Crippen MR) is 79.1 cm³/mol. The van der Waals surface area contributed by atoms with Crippen molar-refractivity contribution < 1.29 is 13.2 Å². The van der Waals surface area contributed by atoms with Gasteiger partial charge in [-0.15, -0.1) is 0 Å². The number of alkyl halides is 3. The van der Waals surface area contributed by atoms with Gasteiger partial charge in [0.25, 0.3) is 0 Å². The Labute approximate surface area is 122 Å². The molecule has 0 amide bonds. The van der Waals surface area contributed by atoms with E-state index in [-0.39, 0.29) is 5.69 Å². The van der Waals surface area contributed by atoms with Crippen LogP contribution in [0.1, 0.15) is 16.7 Å². The molecule has 0 spiro atoms. The fourth-order valence-corrected chi connectivity index (χ4v) is 2.13. The molecule has 0 saturated carbocycles. The van der Waals surface area contributed by atoms with E-state index >= 15 is 0 Å². The minimum atomic E-state index is -4.37. The van der Waals surface area contributed by atoms with Crippen LogP contribution < -0.4 is 10.6 Å². The van der Waals surface area contributed by atoms with E-state index in [2.05, 4.69) is 0 Å². The van der Waals surface area contributed by atoms with Gasteiger partial charge in [0.05, 0.1) is 16.9 Å². The Balaban J connectivity index is 2.19. The minimum Gasteiger partial charge on any atom is -0.397 e. The maximum absolute atomic E-state index is 12.6. The zero-order chi connectivity index (χ0) is 15.6. The third kappa shape index (κ3) is 3.68. The molecule has 2 nitrogen and oxygen atoms in total. The fraction of sp³-hybridized carbons (Fsp3) is 0.250. The van der Waals surface area contributed by atoms with Crippen LogP contribution in [0, 0.1) is 6.92 Å². The zero-order valence-electron chi connectivity index (χ0n) is 11.9. The van der Waals surface area contributed by atoms with Crippen molar-refractivity contribution in [2.45, 2.75) is 19.6 Å². The van der Waals surface area contributed by atoms with Crippen molar-refractivity contribution in [3.05, 3.63) is 59.2 Å². The predicted octanol–water partition coefficient (Wildman–Crippen LogP) is 4.23. The van der Waals surface area contributed by atoms with E-state index in [1.807, 2.05) is 36.1 Å². The average Bonchev–Trinajstić information content (AvgIpc) is 2.40. The van der Waals surface area contributed by atoms with Crippen LogP contribution in [-0.4, -0.2) is 7.05 Å². The number of hydrogen-bond acceptors (Lipinski definition) is 2. The Morgan fingerprint density at radius 2 is 1.67 bits per heavy atom. The summed E-state index contributed by atoms with van der Waals surface area (Å²) in [5.41, 5.74) is 7.97. The number of rotatable bonds is 3. The molecule has 0 fully saturated rings. The molecule has 0 atom stereocenters. The number of anilines is 2. The summed E-state index contributed by atoms with van der Waals surface area (Å²) in [7, 11) is 1.80. The normalized spacial score (nSPS) is 11.5. The highest BCUT2D eigenvalue weighted by Crippen LogP contribution is 2.34. The molecule has 21 heavy (non-hydrogen) atoms. The van der Waals surface area contributed by atoms with Crippen molar-refractivity contribution in [1.82, 2.24) is 0 Å². The Morgan fingerprint density at radius 1 is 1.05 bits per heavy atom. The lowest BCUT2D eigenvalue weighted by Gasteiger charge is -2.22. The van der Waals surface area contributed by atoms with Crippen LogP contribution in [0.2, 0.25) is 0 Å². The lowest BCUT2D eigenvalue weighted by molar-refractivity contribution is -0.137. The fourth-order valence-electron chi connectivity index (χ4n) is 2.13. The zero-order valence-corrected chi connectivity index (χ0v) is 11.9. The maximum Gasteiger partial charge on any atom is 0.416 e. The third-order valence-electron chi connectivity index (χ3n) is 3.31. The molecular weight excluding hydrogens is 277 g/mol. The summed E-state index contributed by atoms with van der Waals surface area (Å²) < 4.78 is 37.8. The number of nitrogens with zero attached hydrogens (tertiary/aromatic N) is 1. The number of benzene rings is 2. The van der Waals surface area contributed by atoms with Crippen molar-refractivity contribution in [2.24, 2.45) is 0 Å². The molecule has 0 aromatic heterocycles. The molecule has 0 aliphatic rings. The van der Waals surface area contributed by atoms with Crippen LogP contribution in [0.15, 0.2) is 42.5 Å². The lowest BCUT2D eigenvalue weighted by atomic mass is 10.1. The highest BCUT2D eigenvalue weighted by Gasteiger charge is 2.30. The molecule has 0 radical (unpaired) electrons. The summed E-state index contributed by atoms with van der Waals surface area (Å²) in [6, 6.07) is 11.4. The van der Waals surface area contributed by atoms with Gasteiger partial charge in [-0.1, -0.05) is 29.8 Å². The van der Waals surface area contributed by atoms with E-state index in [1.54, 1.807) is 7.05 Å². The molecule has 2 N–H and O–H groups in total. The van der Waals surface area contributed by atoms with E-state index in [0.29, 0.717) is 12.2 Å². The van der Waals surface area contributed by atoms with Gasteiger partial charge in [-0.3, -0.25) is 0 Å². The topological polar surface area (TPSA) is 29.3 Å². The van der Waals surface area contributed by atoms with Crippen LogP contribution >= 0.6 is 0 Å². The van der Waals surface area contributed by atoms with Gasteiger partial charge in [0.2, 0.25) is 0 Å². The summed E-state index contributed by atoms with van der Waals surface area (Å²) in [5.74, 6) is 0. The summed E-state index contributed by atoms with van der Waals surface area (Å²) in [6.45, 7) is 2.58. The van der Waals surface area contributed by atoms with Crippen molar-refractivity contribution in [3.8, 4) is 0 Å². The molecule has 0 aliphatic heterocycles. The van der Waals surface area contributed by atoms with Crippen LogP contribution in [0.4, 0.5) is 24.5 Å². The number of hydrogen-bond donors (Lipinski definition) is 1. The molecule has 0 aliphatic carbocycles. The molecule has 0 unspecified atom stereocenters. The second-order valence-corrected chi connectivity index (χ2v) is 5.11. The first kappa shape index (κ1) is 15.2. The van der Waals surface area contributed by atoms with Gasteiger partial charge in [0, 0.05) is 13.6 Å². The standard InChI is InChI=1S/C16H17F3N2/c1-11-3-5-12(6-4-11)10-21(2)15-8-7-13(9-14(15)20)16(17,18)19/h3-9H,10,20H2,1-2H3. The van der Waals surface area contributed by atoms with E-state index < -0.39 is 11.7 Å². The van der Waals surface area contributed by atoms with E-state index in [4.69, 9.17) is 5.73 Å². The maximum atomic E-state index is 12.6. The van der Waals surface area contributed by atoms with Crippen LogP contribution in [0.3, 0.4) is 0 Å². The average molecular weight is 294 g/mol. The summed E-state index contributed by atoms with van der Waals surface area (Å²) in [4.78, 5) is 1.83. The Bertz CT molecular complexity index is 618. The first-order chi connectivity index (χ1) is 9.77. The molecule has 0 saturated heterocycles. The minimum absolute atomic E-state index is 0.124. The Hall–Kier alpha value is -2.17. The van der Waals surface area contributed by atoms with Crippen molar-refractivity contribution >= 4 is 11.4 Å². The number of halogens is 3. The summed E-state index contributed by atoms with van der Waals surface area (Å²) >= 11 is 0. The molecule has 5 heteroatoms. The molecule has 112 valence electrons. The molecule has 2 aromatic carbocycles. The molecule has 0 heterocycles. The number of nitrogens with two attached hydrogens (primary N) is 1. The van der Waals surface area contributed by atoms with Gasteiger partial charge in [-0.05, 0) is 30.7 Å². The summed E-state index contributed by atoms with van der Waals surface area (Å²) in [5, 5.41) is 0. The van der Waals surface area contributed by atoms with Gasteiger partial charge in [0.1, 0.15) is 0 Å².